The molecule has 8 nitrogen and oxygen atoms in total. The molecule has 3 aromatic rings. The molecule has 4 rings (SSSR count). The molecule has 1 aliphatic rings. The molecule has 1 aromatic heterocycles. The number of nitrogens with two attached hydrogens (primary N) is 1. The van der Waals surface area contributed by atoms with Gasteiger partial charge in [-0.2, -0.15) is 13.2 Å². The molecule has 0 spiro atoms. The average Bonchev–Trinajstić information content (AvgIpc) is 2.88. The SMILES string of the molecule is COCCN1CCP(=O)(c2cc3c(N[C@H](C)c4cc(N)cc(C(F)(F)F)c4C)nc(C)nc3cc2OC)CC1. The molecule has 2 heterocycles. The molecule has 1 fully saturated rings. The molecular formula is C27H35F3N5O3P. The zero-order chi connectivity index (χ0) is 28.5. The van der Waals surface area contributed by atoms with Gasteiger partial charge >= 0.3 is 6.18 Å². The highest BCUT2D eigenvalue weighted by molar-refractivity contribution is 7.72. The van der Waals surface area contributed by atoms with Crippen LogP contribution in [0.3, 0.4) is 0 Å². The van der Waals surface area contributed by atoms with Crippen LogP contribution in [0.1, 0.15) is 35.5 Å². The number of fused-ring (bicyclic) bond motifs is 1. The monoisotopic (exact) mass is 565 g/mol. The van der Waals surface area contributed by atoms with Crippen LogP contribution < -0.4 is 21.1 Å². The molecule has 0 amide bonds. The first kappa shape index (κ1) is 29.1. The minimum Gasteiger partial charge on any atom is -0.496 e. The summed E-state index contributed by atoms with van der Waals surface area (Å²) < 4.78 is 65.9. The van der Waals surface area contributed by atoms with Crippen LogP contribution in [0.5, 0.6) is 5.75 Å². The number of hydrogen-bond acceptors (Lipinski definition) is 8. The number of nitrogens with zero attached hydrogens (tertiary/aromatic N) is 3. The Balaban J connectivity index is 1.74. The molecule has 1 atom stereocenters. The Morgan fingerprint density at radius 1 is 1.13 bits per heavy atom. The number of benzene rings is 2. The number of methoxy groups -OCH3 is 2. The van der Waals surface area contributed by atoms with Gasteiger partial charge in [-0.05, 0) is 50.1 Å². The molecule has 12 heteroatoms. The van der Waals surface area contributed by atoms with E-state index >= 15 is 0 Å². The molecule has 0 bridgehead atoms. The smallest absolute Gasteiger partial charge is 0.416 e. The highest BCUT2D eigenvalue weighted by Crippen LogP contribution is 2.49. The minimum absolute atomic E-state index is 0.0299. The van der Waals surface area contributed by atoms with E-state index < -0.39 is 24.9 Å². The van der Waals surface area contributed by atoms with E-state index in [-0.39, 0.29) is 11.3 Å². The van der Waals surface area contributed by atoms with Crippen LogP contribution in [0.4, 0.5) is 24.7 Å². The summed E-state index contributed by atoms with van der Waals surface area (Å²) in [5.74, 6) is 1.43. The van der Waals surface area contributed by atoms with E-state index in [1.807, 2.05) is 6.07 Å². The number of alkyl halides is 3. The number of aromatic nitrogens is 2. The molecule has 0 aliphatic carbocycles. The maximum absolute atomic E-state index is 14.2. The van der Waals surface area contributed by atoms with E-state index in [0.29, 0.717) is 71.2 Å². The lowest BCUT2D eigenvalue weighted by molar-refractivity contribution is -0.138. The van der Waals surface area contributed by atoms with Gasteiger partial charge in [-0.15, -0.1) is 0 Å². The van der Waals surface area contributed by atoms with Crippen molar-refractivity contribution in [1.29, 1.82) is 0 Å². The van der Waals surface area contributed by atoms with Gasteiger partial charge in [0.1, 0.15) is 24.5 Å². The van der Waals surface area contributed by atoms with Crippen molar-refractivity contribution in [2.24, 2.45) is 0 Å². The second-order valence-electron chi connectivity index (χ2n) is 9.98. The van der Waals surface area contributed by atoms with Crippen LogP contribution in [-0.2, 0) is 15.5 Å². The Hall–Kier alpha value is -2.88. The molecular weight excluding hydrogens is 530 g/mol. The summed E-state index contributed by atoms with van der Waals surface area (Å²) in [5, 5.41) is 4.53. The third-order valence-electron chi connectivity index (χ3n) is 7.31. The number of hydrogen-bond donors (Lipinski definition) is 2. The molecule has 1 saturated heterocycles. The fourth-order valence-electron chi connectivity index (χ4n) is 5.15. The van der Waals surface area contributed by atoms with E-state index in [4.69, 9.17) is 15.2 Å². The second-order valence-corrected chi connectivity index (χ2v) is 13.1. The first-order valence-corrected chi connectivity index (χ1v) is 14.8. The Bertz CT molecular complexity index is 1400. The van der Waals surface area contributed by atoms with E-state index in [0.717, 1.165) is 12.6 Å². The van der Waals surface area contributed by atoms with Crippen LogP contribution >= 0.6 is 7.14 Å². The van der Waals surface area contributed by atoms with Crippen molar-refractivity contribution in [3.8, 4) is 5.75 Å². The van der Waals surface area contributed by atoms with Gasteiger partial charge in [0, 0.05) is 56.2 Å². The normalized spacial score (nSPS) is 16.8. The number of halogens is 3. The Morgan fingerprint density at radius 2 is 1.82 bits per heavy atom. The predicted octanol–water partition coefficient (Wildman–Crippen LogP) is 4.98. The summed E-state index contributed by atoms with van der Waals surface area (Å²) in [7, 11) is 0.415. The van der Waals surface area contributed by atoms with Crippen molar-refractivity contribution in [1.82, 2.24) is 14.9 Å². The van der Waals surface area contributed by atoms with Crippen LogP contribution in [0.15, 0.2) is 24.3 Å². The Kier molecular flexibility index (Phi) is 8.44. The molecule has 0 radical (unpaired) electrons. The van der Waals surface area contributed by atoms with Gasteiger partial charge in [-0.3, -0.25) is 0 Å². The quantitative estimate of drug-likeness (QED) is 0.291. The molecule has 212 valence electrons. The van der Waals surface area contributed by atoms with Gasteiger partial charge in [-0.1, -0.05) is 0 Å². The van der Waals surface area contributed by atoms with Crippen LogP contribution in [0, 0.1) is 13.8 Å². The number of aryl methyl sites for hydroxylation is 1. The van der Waals surface area contributed by atoms with Gasteiger partial charge in [0.15, 0.2) is 0 Å². The summed E-state index contributed by atoms with van der Waals surface area (Å²) in [6, 6.07) is 5.52. The maximum Gasteiger partial charge on any atom is 0.416 e. The fourth-order valence-corrected chi connectivity index (χ4v) is 7.99. The number of anilines is 2. The molecule has 0 unspecified atom stereocenters. The highest BCUT2D eigenvalue weighted by atomic mass is 31.2. The van der Waals surface area contributed by atoms with Crippen molar-refractivity contribution in [2.75, 3.05) is 63.8 Å². The van der Waals surface area contributed by atoms with E-state index in [2.05, 4.69) is 20.2 Å². The summed E-state index contributed by atoms with van der Waals surface area (Å²) >= 11 is 0. The lowest BCUT2D eigenvalue weighted by Crippen LogP contribution is -2.39. The molecule has 1 aliphatic heterocycles. The van der Waals surface area contributed by atoms with Crippen LogP contribution in [0.25, 0.3) is 10.9 Å². The van der Waals surface area contributed by atoms with Crippen LogP contribution in [-0.4, -0.2) is 67.7 Å². The van der Waals surface area contributed by atoms with Gasteiger partial charge < -0.3 is 30.0 Å². The summed E-state index contributed by atoms with van der Waals surface area (Å²) in [6.45, 7) is 7.70. The third-order valence-corrected chi connectivity index (χ3v) is 10.4. The van der Waals surface area contributed by atoms with Crippen LogP contribution in [0.2, 0.25) is 0 Å². The molecule has 2 aromatic carbocycles. The molecule has 0 saturated carbocycles. The average molecular weight is 566 g/mol. The van der Waals surface area contributed by atoms with Gasteiger partial charge in [0.05, 0.1) is 36.1 Å². The maximum atomic E-state index is 14.2. The summed E-state index contributed by atoms with van der Waals surface area (Å²) in [6.07, 6.45) is -3.51. The van der Waals surface area contributed by atoms with Crippen molar-refractivity contribution in [3.63, 3.8) is 0 Å². The fraction of sp³-hybridized carbons (Fsp3) is 0.481. The van der Waals surface area contributed by atoms with Crippen molar-refractivity contribution in [3.05, 3.63) is 46.8 Å². The largest absolute Gasteiger partial charge is 0.496 e. The lowest BCUT2D eigenvalue weighted by Gasteiger charge is -2.33. The number of rotatable bonds is 8. The first-order valence-electron chi connectivity index (χ1n) is 12.8. The zero-order valence-electron chi connectivity index (χ0n) is 22.9. The van der Waals surface area contributed by atoms with Gasteiger partial charge in [-0.25, -0.2) is 9.97 Å². The van der Waals surface area contributed by atoms with Crippen molar-refractivity contribution in [2.45, 2.75) is 33.0 Å². The van der Waals surface area contributed by atoms with Gasteiger partial charge in [0.2, 0.25) is 0 Å². The third kappa shape index (κ3) is 6.15. The zero-order valence-corrected chi connectivity index (χ0v) is 23.7. The lowest BCUT2D eigenvalue weighted by atomic mass is 9.96. The predicted molar refractivity (Wildman–Crippen MR) is 149 cm³/mol. The number of nitrogens with one attached hydrogen (secondary N) is 1. The number of ether oxygens (including phenoxy) is 2. The Labute approximate surface area is 226 Å². The van der Waals surface area contributed by atoms with E-state index in [1.54, 1.807) is 40.2 Å². The molecule has 39 heavy (non-hydrogen) atoms. The summed E-state index contributed by atoms with van der Waals surface area (Å²) in [4.78, 5) is 11.4. The molecule has 3 N–H and O–H groups in total. The Morgan fingerprint density at radius 3 is 2.44 bits per heavy atom. The first-order chi connectivity index (χ1) is 18.4. The van der Waals surface area contributed by atoms with E-state index in [9.17, 15) is 17.7 Å². The topological polar surface area (TPSA) is 103 Å². The van der Waals surface area contributed by atoms with Crippen molar-refractivity contribution >= 4 is 34.9 Å². The standard InChI is InChI=1S/C27H35F3N5O3P/c1-16-20(12-19(31)13-22(16)27(28,29)30)17(2)32-26-21-14-25(24(38-5)15-23(21)33-18(3)34-26)39(36)10-7-35(8-11-39)6-9-37-4/h12-15,17H,6-11,31H2,1-5H3,(H,32,33,34)/t17-/m1/s1. The minimum atomic E-state index is -4.52. The summed E-state index contributed by atoms with van der Waals surface area (Å²) in [5.41, 5.74) is 6.21. The highest BCUT2D eigenvalue weighted by Gasteiger charge is 2.35. The van der Waals surface area contributed by atoms with E-state index in [1.165, 1.54) is 6.92 Å². The second kappa shape index (κ2) is 11.3. The van der Waals surface area contributed by atoms with Crippen molar-refractivity contribution < 1.29 is 27.2 Å². The van der Waals surface area contributed by atoms with Gasteiger partial charge in [0.25, 0.3) is 0 Å². The number of nitrogen functional groups attached to an aromatic ring is 1.